The van der Waals surface area contributed by atoms with E-state index in [0.29, 0.717) is 12.8 Å². The number of esters is 2. The van der Waals surface area contributed by atoms with E-state index in [1.54, 1.807) is 0 Å². The first kappa shape index (κ1) is 26.5. The third kappa shape index (κ3) is 11.7. The van der Waals surface area contributed by atoms with Gasteiger partial charge in [-0.1, -0.05) is 29.7 Å². The van der Waals surface area contributed by atoms with E-state index in [2.05, 4.69) is 0 Å². The van der Waals surface area contributed by atoms with Crippen molar-refractivity contribution >= 4 is 11.9 Å². The molecule has 19 heavy (non-hydrogen) atoms. The molecule has 2 aliphatic rings. The van der Waals surface area contributed by atoms with Crippen LogP contribution in [0.25, 0.3) is 0 Å². The summed E-state index contributed by atoms with van der Waals surface area (Å²) in [5.74, 6) is -0.0868. The maximum atomic E-state index is 10.5. The standard InChI is InChI=1S/C6H10O2.C5H8O2.4CH4/c1-5-3-2-4-6(7)8-5;1-4-2-3-5(6)7-4;;;;/h5H,2-4H2,1H3;4H,2-3H2,1H3;4*1H4. The molecule has 0 bridgehead atoms. The fourth-order valence-corrected chi connectivity index (χ4v) is 1.54. The average Bonchev–Trinajstić information content (AvgIpc) is 2.50. The molecule has 2 heterocycles. The van der Waals surface area contributed by atoms with E-state index in [1.165, 1.54) is 0 Å². The summed E-state index contributed by atoms with van der Waals surface area (Å²) in [7, 11) is 0. The Morgan fingerprint density at radius 3 is 1.42 bits per heavy atom. The van der Waals surface area contributed by atoms with Crippen LogP contribution in [-0.4, -0.2) is 24.1 Å². The minimum absolute atomic E-state index is 0. The molecular weight excluding hydrogens is 244 g/mol. The van der Waals surface area contributed by atoms with Crippen molar-refractivity contribution in [1.29, 1.82) is 0 Å². The third-order valence-corrected chi connectivity index (χ3v) is 2.41. The predicted octanol–water partition coefficient (Wildman–Crippen LogP) is 4.36. The highest BCUT2D eigenvalue weighted by atomic mass is 16.5. The van der Waals surface area contributed by atoms with E-state index >= 15 is 0 Å². The van der Waals surface area contributed by atoms with Crippen molar-refractivity contribution in [3.63, 3.8) is 0 Å². The number of hydrogen-bond acceptors (Lipinski definition) is 4. The topological polar surface area (TPSA) is 52.6 Å². The summed E-state index contributed by atoms with van der Waals surface area (Å²) in [4.78, 5) is 20.7. The zero-order chi connectivity index (χ0) is 11.3. The molecule has 2 rings (SSSR count). The summed E-state index contributed by atoms with van der Waals surface area (Å²) < 4.78 is 9.57. The number of rotatable bonds is 0. The highest BCUT2D eigenvalue weighted by Gasteiger charge is 2.17. The van der Waals surface area contributed by atoms with Gasteiger partial charge in [0.2, 0.25) is 0 Å². The van der Waals surface area contributed by atoms with Crippen LogP contribution in [0.1, 0.15) is 75.7 Å². The second kappa shape index (κ2) is 13.4. The van der Waals surface area contributed by atoms with Crippen molar-refractivity contribution in [3.05, 3.63) is 0 Å². The molecule has 2 fully saturated rings. The molecule has 4 nitrogen and oxygen atoms in total. The van der Waals surface area contributed by atoms with E-state index < -0.39 is 0 Å². The second-order valence-corrected chi connectivity index (χ2v) is 4.03. The first-order valence-electron chi connectivity index (χ1n) is 5.47. The lowest BCUT2D eigenvalue weighted by molar-refractivity contribution is -0.152. The van der Waals surface area contributed by atoms with Crippen LogP contribution in [0.3, 0.4) is 0 Å². The van der Waals surface area contributed by atoms with Crippen LogP contribution in [0.5, 0.6) is 0 Å². The number of cyclic esters (lactones) is 2. The van der Waals surface area contributed by atoms with Gasteiger partial charge in [-0.05, 0) is 33.1 Å². The number of ether oxygens (including phenoxy) is 2. The van der Waals surface area contributed by atoms with Gasteiger partial charge >= 0.3 is 11.9 Å². The molecule has 0 saturated carbocycles. The lowest BCUT2D eigenvalue weighted by Crippen LogP contribution is -2.19. The lowest BCUT2D eigenvalue weighted by Gasteiger charge is -2.17. The number of carbonyl (C=O) groups excluding carboxylic acids is 2. The molecule has 0 aromatic heterocycles. The van der Waals surface area contributed by atoms with Crippen LogP contribution in [0.2, 0.25) is 0 Å². The van der Waals surface area contributed by atoms with Gasteiger partial charge in [-0.3, -0.25) is 9.59 Å². The van der Waals surface area contributed by atoms with Gasteiger partial charge in [0.15, 0.2) is 0 Å². The summed E-state index contributed by atoms with van der Waals surface area (Å²) in [6.07, 6.45) is 4.50. The van der Waals surface area contributed by atoms with Crippen molar-refractivity contribution < 1.29 is 19.1 Å². The van der Waals surface area contributed by atoms with Crippen LogP contribution >= 0.6 is 0 Å². The Bertz CT molecular complexity index is 238. The van der Waals surface area contributed by atoms with Gasteiger partial charge in [0, 0.05) is 12.8 Å². The Morgan fingerprint density at radius 2 is 1.21 bits per heavy atom. The summed E-state index contributed by atoms with van der Waals surface area (Å²) >= 11 is 0. The Morgan fingerprint density at radius 1 is 0.789 bits per heavy atom. The molecule has 0 aromatic rings. The smallest absolute Gasteiger partial charge is 0.306 e. The van der Waals surface area contributed by atoms with Crippen LogP contribution in [0.15, 0.2) is 0 Å². The molecule has 0 N–H and O–H groups in total. The van der Waals surface area contributed by atoms with E-state index in [-0.39, 0.29) is 53.9 Å². The minimum Gasteiger partial charge on any atom is -0.463 e. The molecule has 4 heteroatoms. The van der Waals surface area contributed by atoms with Crippen molar-refractivity contribution in [3.8, 4) is 0 Å². The third-order valence-electron chi connectivity index (χ3n) is 2.41. The zero-order valence-electron chi connectivity index (χ0n) is 9.32. The predicted molar refractivity (Wildman–Crippen MR) is 81.1 cm³/mol. The summed E-state index contributed by atoms with van der Waals surface area (Å²) in [6, 6.07) is 0. The molecule has 0 aromatic carbocycles. The minimum atomic E-state index is -0.0486. The summed E-state index contributed by atoms with van der Waals surface area (Å²) in [5.41, 5.74) is 0. The maximum absolute atomic E-state index is 10.5. The molecule has 2 saturated heterocycles. The Labute approximate surface area is 119 Å². The average molecular weight is 278 g/mol. The fraction of sp³-hybridized carbons (Fsp3) is 0.867. The highest BCUT2D eigenvalue weighted by molar-refractivity contribution is 5.71. The van der Waals surface area contributed by atoms with Gasteiger partial charge in [-0.15, -0.1) is 0 Å². The largest absolute Gasteiger partial charge is 0.463 e. The molecule has 2 atom stereocenters. The molecule has 0 aliphatic carbocycles. The molecule has 0 radical (unpaired) electrons. The lowest BCUT2D eigenvalue weighted by atomic mass is 10.1. The summed E-state index contributed by atoms with van der Waals surface area (Å²) in [6.45, 7) is 3.84. The quantitative estimate of drug-likeness (QED) is 0.618. The van der Waals surface area contributed by atoms with Gasteiger partial charge in [0.25, 0.3) is 0 Å². The molecule has 2 aliphatic heterocycles. The first-order chi connectivity index (χ1) is 7.08. The molecule has 0 amide bonds. The number of carbonyl (C=O) groups is 2. The van der Waals surface area contributed by atoms with Crippen molar-refractivity contribution in [2.75, 3.05) is 0 Å². The molecular formula is C15H34O4. The van der Waals surface area contributed by atoms with Crippen molar-refractivity contribution in [1.82, 2.24) is 0 Å². The Kier molecular flexibility index (Phi) is 18.6. The van der Waals surface area contributed by atoms with E-state index in [0.717, 1.165) is 19.3 Å². The van der Waals surface area contributed by atoms with Gasteiger partial charge in [-0.25, -0.2) is 0 Å². The van der Waals surface area contributed by atoms with Gasteiger partial charge in [0.05, 0.1) is 12.2 Å². The van der Waals surface area contributed by atoms with Crippen LogP contribution in [0.4, 0.5) is 0 Å². The number of hydrogen-bond donors (Lipinski definition) is 0. The van der Waals surface area contributed by atoms with Gasteiger partial charge < -0.3 is 9.47 Å². The Hall–Kier alpha value is -1.06. The van der Waals surface area contributed by atoms with E-state index in [1.807, 2.05) is 13.8 Å². The van der Waals surface area contributed by atoms with Crippen LogP contribution in [-0.2, 0) is 19.1 Å². The fourth-order valence-electron chi connectivity index (χ4n) is 1.54. The SMILES string of the molecule is C.C.C.C.CC1CCC(=O)O1.CC1CCCC(=O)O1. The van der Waals surface area contributed by atoms with Crippen LogP contribution in [0, 0.1) is 0 Å². The monoisotopic (exact) mass is 278 g/mol. The highest BCUT2D eigenvalue weighted by Crippen LogP contribution is 2.12. The van der Waals surface area contributed by atoms with Crippen molar-refractivity contribution in [2.45, 2.75) is 87.9 Å². The van der Waals surface area contributed by atoms with E-state index in [4.69, 9.17) is 9.47 Å². The zero-order valence-corrected chi connectivity index (χ0v) is 9.32. The van der Waals surface area contributed by atoms with Gasteiger partial charge in [0.1, 0.15) is 0 Å². The van der Waals surface area contributed by atoms with Gasteiger partial charge in [-0.2, -0.15) is 0 Å². The second-order valence-electron chi connectivity index (χ2n) is 4.03. The first-order valence-corrected chi connectivity index (χ1v) is 5.47. The normalized spacial score (nSPS) is 23.7. The van der Waals surface area contributed by atoms with Crippen molar-refractivity contribution in [2.24, 2.45) is 0 Å². The molecule has 118 valence electrons. The molecule has 0 spiro atoms. The molecule has 2 unspecified atom stereocenters. The summed E-state index contributed by atoms with van der Waals surface area (Å²) in [5, 5.41) is 0. The Balaban J connectivity index is -0.0000000983. The maximum Gasteiger partial charge on any atom is 0.306 e. The van der Waals surface area contributed by atoms with Crippen LogP contribution < -0.4 is 0 Å². The van der Waals surface area contributed by atoms with E-state index in [9.17, 15) is 9.59 Å².